The molecule has 134 valence electrons. The number of hydrogen-bond donors (Lipinski definition) is 1. The van der Waals surface area contributed by atoms with Crippen LogP contribution in [-0.4, -0.2) is 49.6 Å². The molecule has 1 aliphatic heterocycles. The van der Waals surface area contributed by atoms with Gasteiger partial charge in [-0.15, -0.1) is 0 Å². The average molecular weight is 351 g/mol. The monoisotopic (exact) mass is 351 g/mol. The smallest absolute Gasteiger partial charge is 0.345 e. The molecule has 1 fully saturated rings. The summed E-state index contributed by atoms with van der Waals surface area (Å²) in [6.45, 7) is -6.36. The van der Waals surface area contributed by atoms with Crippen molar-refractivity contribution < 1.29 is 36.9 Å². The fraction of sp³-hybridized carbons (Fsp3) is 0.533. The van der Waals surface area contributed by atoms with Gasteiger partial charge in [0.2, 0.25) is 0 Å². The molecule has 1 heterocycles. The maximum absolute atomic E-state index is 12.3. The van der Waals surface area contributed by atoms with Crippen LogP contribution in [0.2, 0.25) is 0 Å². The first-order valence-electron chi connectivity index (χ1n) is 7.29. The van der Waals surface area contributed by atoms with Crippen molar-refractivity contribution in [2.75, 3.05) is 18.1 Å². The van der Waals surface area contributed by atoms with Crippen LogP contribution in [0.15, 0.2) is 24.3 Å². The van der Waals surface area contributed by atoms with Crippen molar-refractivity contribution in [3.8, 4) is 0 Å². The number of aromatic carboxylic acids is 1. The highest BCUT2D eigenvalue weighted by molar-refractivity contribution is 5.88. The van der Waals surface area contributed by atoms with Crippen molar-refractivity contribution in [2.24, 2.45) is 0 Å². The first-order chi connectivity index (χ1) is 11.4. The molecule has 1 aromatic rings. The summed E-state index contributed by atoms with van der Waals surface area (Å²) in [4.78, 5) is 12.6. The van der Waals surface area contributed by atoms with E-state index in [2.05, 4.69) is 9.47 Å². The average Bonchev–Trinajstić information content (AvgIpc) is 2.93. The Hall–Kier alpha value is -1.87. The van der Waals surface area contributed by atoms with E-state index >= 15 is 0 Å². The molecule has 5 nitrogen and oxygen atoms in total. The lowest BCUT2D eigenvalue weighted by Gasteiger charge is -2.32. The Kier molecular flexibility index (Phi) is 6.38. The van der Waals surface area contributed by atoms with Crippen LogP contribution in [0.5, 0.6) is 0 Å². The lowest BCUT2D eigenvalue weighted by molar-refractivity contribution is -0.134. The standard InChI is InChI=1S/C15H17F4NO4/c16-14(17)23-7-11-5-6-12(8-24-15(18)19)20(11)10-3-1-9(2-4-10)13(21)22/h1-4,11-12,14-15H,5-8H2,(H,21,22). The number of alkyl halides is 4. The van der Waals surface area contributed by atoms with E-state index in [9.17, 15) is 22.4 Å². The summed E-state index contributed by atoms with van der Waals surface area (Å²) in [5, 5.41) is 8.92. The Morgan fingerprint density at radius 3 is 1.88 bits per heavy atom. The lowest BCUT2D eigenvalue weighted by Crippen LogP contribution is -2.41. The second-order valence-corrected chi connectivity index (χ2v) is 5.33. The zero-order valence-corrected chi connectivity index (χ0v) is 12.6. The van der Waals surface area contributed by atoms with Crippen LogP contribution < -0.4 is 4.90 Å². The van der Waals surface area contributed by atoms with Gasteiger partial charge in [-0.1, -0.05) is 0 Å². The Morgan fingerprint density at radius 2 is 1.50 bits per heavy atom. The van der Waals surface area contributed by atoms with E-state index in [4.69, 9.17) is 5.11 Å². The number of anilines is 1. The Labute approximate surface area is 135 Å². The van der Waals surface area contributed by atoms with Crippen molar-refractivity contribution in [1.82, 2.24) is 0 Å². The minimum Gasteiger partial charge on any atom is -0.478 e. The highest BCUT2D eigenvalue weighted by Gasteiger charge is 2.35. The first-order valence-corrected chi connectivity index (χ1v) is 7.29. The summed E-state index contributed by atoms with van der Waals surface area (Å²) >= 11 is 0. The molecule has 1 aromatic carbocycles. The van der Waals surface area contributed by atoms with Crippen LogP contribution in [0.1, 0.15) is 23.2 Å². The number of halogens is 4. The number of rotatable bonds is 8. The number of nitrogens with zero attached hydrogens (tertiary/aromatic N) is 1. The Balaban J connectivity index is 2.16. The van der Waals surface area contributed by atoms with Gasteiger partial charge in [-0.3, -0.25) is 0 Å². The van der Waals surface area contributed by atoms with E-state index in [1.165, 1.54) is 24.3 Å². The number of carbonyl (C=O) groups is 1. The third-order valence-electron chi connectivity index (χ3n) is 3.86. The van der Waals surface area contributed by atoms with E-state index in [0.717, 1.165) is 0 Å². The molecule has 1 aliphatic rings. The molecule has 9 heteroatoms. The van der Waals surface area contributed by atoms with Crippen molar-refractivity contribution in [3.63, 3.8) is 0 Å². The molecular formula is C15H17F4NO4. The molecular weight excluding hydrogens is 334 g/mol. The topological polar surface area (TPSA) is 59.0 Å². The number of ether oxygens (including phenoxy) is 2. The van der Waals surface area contributed by atoms with Gasteiger partial charge in [0.1, 0.15) is 0 Å². The summed E-state index contributed by atoms with van der Waals surface area (Å²) in [6, 6.07) is 4.90. The minimum atomic E-state index is -2.92. The zero-order chi connectivity index (χ0) is 17.7. The number of carboxylic acids is 1. The highest BCUT2D eigenvalue weighted by Crippen LogP contribution is 2.32. The molecule has 1 N–H and O–H groups in total. The SMILES string of the molecule is O=C(O)c1ccc(N2C(COC(F)F)CCC2COC(F)F)cc1. The van der Waals surface area contributed by atoms with Gasteiger partial charge in [0.05, 0.1) is 30.9 Å². The molecule has 0 spiro atoms. The van der Waals surface area contributed by atoms with Crippen LogP contribution in [0, 0.1) is 0 Å². The van der Waals surface area contributed by atoms with Crippen LogP contribution >= 0.6 is 0 Å². The van der Waals surface area contributed by atoms with Gasteiger partial charge in [-0.2, -0.15) is 17.6 Å². The molecule has 0 radical (unpaired) electrons. The normalized spacial score (nSPS) is 21.0. The maximum Gasteiger partial charge on any atom is 0.345 e. The largest absolute Gasteiger partial charge is 0.478 e. The van der Waals surface area contributed by atoms with Gasteiger partial charge in [-0.05, 0) is 37.1 Å². The van der Waals surface area contributed by atoms with Gasteiger partial charge in [0.15, 0.2) is 0 Å². The molecule has 0 aromatic heterocycles. The fourth-order valence-corrected chi connectivity index (χ4v) is 2.85. The third kappa shape index (κ3) is 4.81. The van der Waals surface area contributed by atoms with Crippen molar-refractivity contribution in [2.45, 2.75) is 38.1 Å². The van der Waals surface area contributed by atoms with E-state index in [1.54, 1.807) is 4.90 Å². The number of carboxylic acid groups (broad SMARTS) is 1. The summed E-state index contributed by atoms with van der Waals surface area (Å²) in [5.74, 6) is -1.10. The second kappa shape index (κ2) is 8.29. The van der Waals surface area contributed by atoms with Crippen LogP contribution in [0.3, 0.4) is 0 Å². The predicted molar refractivity (Wildman–Crippen MR) is 76.6 cm³/mol. The molecule has 2 rings (SSSR count). The second-order valence-electron chi connectivity index (χ2n) is 5.33. The number of benzene rings is 1. The van der Waals surface area contributed by atoms with E-state index in [1.807, 2.05) is 0 Å². The Bertz CT molecular complexity index is 521. The molecule has 0 aliphatic carbocycles. The van der Waals surface area contributed by atoms with Crippen LogP contribution in [0.4, 0.5) is 23.2 Å². The van der Waals surface area contributed by atoms with Crippen molar-refractivity contribution >= 4 is 11.7 Å². The third-order valence-corrected chi connectivity index (χ3v) is 3.86. The van der Waals surface area contributed by atoms with Gasteiger partial charge in [0, 0.05) is 5.69 Å². The fourth-order valence-electron chi connectivity index (χ4n) is 2.85. The summed E-state index contributed by atoms with van der Waals surface area (Å²) in [7, 11) is 0. The number of hydrogen-bond acceptors (Lipinski definition) is 4. The van der Waals surface area contributed by atoms with Crippen molar-refractivity contribution in [1.29, 1.82) is 0 Å². The van der Waals surface area contributed by atoms with E-state index < -0.39 is 31.3 Å². The predicted octanol–water partition coefficient (Wildman–Crippen LogP) is 3.20. The minimum absolute atomic E-state index is 0.0682. The molecule has 0 amide bonds. The maximum atomic E-state index is 12.3. The highest BCUT2D eigenvalue weighted by atomic mass is 19.3. The summed E-state index contributed by atoms with van der Waals surface area (Å²) in [5.41, 5.74) is 0.613. The molecule has 0 saturated carbocycles. The van der Waals surface area contributed by atoms with Crippen molar-refractivity contribution in [3.05, 3.63) is 29.8 Å². The zero-order valence-electron chi connectivity index (χ0n) is 12.6. The molecule has 24 heavy (non-hydrogen) atoms. The van der Waals surface area contributed by atoms with Gasteiger partial charge in [-0.25, -0.2) is 4.79 Å². The van der Waals surface area contributed by atoms with Gasteiger partial charge in [0.25, 0.3) is 0 Å². The molecule has 1 saturated heterocycles. The van der Waals surface area contributed by atoms with Gasteiger partial charge >= 0.3 is 19.2 Å². The van der Waals surface area contributed by atoms with Crippen LogP contribution in [-0.2, 0) is 9.47 Å². The first kappa shape index (κ1) is 18.5. The quantitative estimate of drug-likeness (QED) is 0.729. The van der Waals surface area contributed by atoms with E-state index in [-0.39, 0.29) is 18.8 Å². The summed E-state index contributed by atoms with van der Waals surface area (Å²) < 4.78 is 57.8. The van der Waals surface area contributed by atoms with E-state index in [0.29, 0.717) is 18.5 Å². The Morgan fingerprint density at radius 1 is 1.04 bits per heavy atom. The molecule has 0 bridgehead atoms. The molecule has 2 atom stereocenters. The lowest BCUT2D eigenvalue weighted by atomic mass is 10.1. The van der Waals surface area contributed by atoms with Gasteiger partial charge < -0.3 is 19.5 Å². The van der Waals surface area contributed by atoms with Crippen LogP contribution in [0.25, 0.3) is 0 Å². The summed E-state index contributed by atoms with van der Waals surface area (Å²) in [6.07, 6.45) is 0.954. The molecule has 2 unspecified atom stereocenters.